The summed E-state index contributed by atoms with van der Waals surface area (Å²) < 4.78 is 0. The molecule has 0 spiro atoms. The summed E-state index contributed by atoms with van der Waals surface area (Å²) in [6, 6.07) is 5.48. The fourth-order valence-electron chi connectivity index (χ4n) is 1.69. The highest BCUT2D eigenvalue weighted by Gasteiger charge is 2.10. The summed E-state index contributed by atoms with van der Waals surface area (Å²) in [6.07, 6.45) is 1.04. The maximum atomic E-state index is 11.9. The second-order valence-corrected chi connectivity index (χ2v) is 5.74. The van der Waals surface area contributed by atoms with Crippen LogP contribution < -0.4 is 16.4 Å². The number of aryl methyl sites for hydroxylation is 1. The Bertz CT molecular complexity index is 516. The van der Waals surface area contributed by atoms with E-state index in [1.54, 1.807) is 6.07 Å². The zero-order chi connectivity index (χ0) is 16.0. The van der Waals surface area contributed by atoms with E-state index >= 15 is 0 Å². The van der Waals surface area contributed by atoms with Crippen molar-refractivity contribution < 1.29 is 9.59 Å². The van der Waals surface area contributed by atoms with Gasteiger partial charge in [0, 0.05) is 29.8 Å². The first-order chi connectivity index (χ1) is 9.79. The highest BCUT2D eigenvalue weighted by molar-refractivity contribution is 5.95. The molecule has 1 aromatic rings. The van der Waals surface area contributed by atoms with Crippen molar-refractivity contribution in [2.24, 2.45) is 11.7 Å². The van der Waals surface area contributed by atoms with Crippen LogP contribution in [0.25, 0.3) is 0 Å². The Hall–Kier alpha value is -1.59. The second-order valence-electron chi connectivity index (χ2n) is 5.74. The topological polar surface area (TPSA) is 84.2 Å². The average Bonchev–Trinajstić information content (AvgIpc) is 2.40. The van der Waals surface area contributed by atoms with Gasteiger partial charge in [0.05, 0.1) is 0 Å². The molecule has 0 aliphatic rings. The molecule has 0 aromatic heterocycles. The van der Waals surface area contributed by atoms with Gasteiger partial charge in [0.1, 0.15) is 0 Å². The van der Waals surface area contributed by atoms with Crippen LogP contribution >= 0.6 is 12.4 Å². The molecule has 0 aliphatic heterocycles. The van der Waals surface area contributed by atoms with E-state index in [2.05, 4.69) is 10.6 Å². The fraction of sp³-hybridized carbons (Fsp3) is 0.500. The summed E-state index contributed by atoms with van der Waals surface area (Å²) in [5.41, 5.74) is 7.99. The maximum Gasteiger partial charge on any atom is 0.226 e. The molecule has 0 radical (unpaired) electrons. The molecule has 1 rings (SSSR count). The lowest BCUT2D eigenvalue weighted by Gasteiger charge is -2.13. The van der Waals surface area contributed by atoms with Gasteiger partial charge < -0.3 is 16.4 Å². The summed E-state index contributed by atoms with van der Waals surface area (Å²) >= 11 is 0. The molecule has 1 atom stereocenters. The van der Waals surface area contributed by atoms with Gasteiger partial charge in [-0.05, 0) is 38.0 Å². The number of halogens is 1. The van der Waals surface area contributed by atoms with E-state index in [0.717, 1.165) is 5.56 Å². The summed E-state index contributed by atoms with van der Waals surface area (Å²) in [6.45, 7) is 7.45. The van der Waals surface area contributed by atoms with Gasteiger partial charge in [-0.3, -0.25) is 9.59 Å². The molecular formula is C16H26ClN3O2. The number of hydrogen-bond donors (Lipinski definition) is 3. The average molecular weight is 328 g/mol. The number of hydrogen-bond acceptors (Lipinski definition) is 3. The first-order valence-corrected chi connectivity index (χ1v) is 7.26. The van der Waals surface area contributed by atoms with Crippen molar-refractivity contribution in [3.8, 4) is 0 Å². The lowest BCUT2D eigenvalue weighted by atomic mass is 10.1. The lowest BCUT2D eigenvalue weighted by molar-refractivity contribution is -0.119. The monoisotopic (exact) mass is 327 g/mol. The van der Waals surface area contributed by atoms with Crippen molar-refractivity contribution in [2.45, 2.75) is 46.6 Å². The van der Waals surface area contributed by atoms with Crippen LogP contribution in [-0.2, 0) is 9.59 Å². The molecule has 0 bridgehead atoms. The molecule has 1 unspecified atom stereocenters. The van der Waals surface area contributed by atoms with Crippen molar-refractivity contribution in [3.63, 3.8) is 0 Å². The third-order valence-corrected chi connectivity index (χ3v) is 3.13. The Morgan fingerprint density at radius 2 is 1.82 bits per heavy atom. The fourth-order valence-corrected chi connectivity index (χ4v) is 1.69. The van der Waals surface area contributed by atoms with Crippen molar-refractivity contribution in [1.29, 1.82) is 0 Å². The zero-order valence-electron chi connectivity index (χ0n) is 13.6. The van der Waals surface area contributed by atoms with Crippen LogP contribution in [0.4, 0.5) is 11.4 Å². The number of carbonyl (C=O) groups excluding carboxylic acids is 2. The Labute approximate surface area is 138 Å². The standard InChI is InChI=1S/C16H25N3O2.ClH/c1-10(2)16(21)18-13-7-5-11(3)14(9-13)19-15(20)8-6-12(4)17;/h5,7,9-10,12H,6,8,17H2,1-4H3,(H,18,21)(H,19,20);1H. The van der Waals surface area contributed by atoms with Crippen LogP contribution in [0, 0.1) is 12.8 Å². The first kappa shape index (κ1) is 20.4. The predicted octanol–water partition coefficient (Wildman–Crippen LogP) is 3.08. The van der Waals surface area contributed by atoms with Crippen LogP contribution in [0.2, 0.25) is 0 Å². The highest BCUT2D eigenvalue weighted by atomic mass is 35.5. The number of anilines is 2. The van der Waals surface area contributed by atoms with Gasteiger partial charge >= 0.3 is 0 Å². The molecule has 0 aliphatic carbocycles. The van der Waals surface area contributed by atoms with E-state index in [9.17, 15) is 9.59 Å². The molecule has 0 heterocycles. The summed E-state index contributed by atoms with van der Waals surface area (Å²) in [7, 11) is 0. The van der Waals surface area contributed by atoms with Crippen LogP contribution in [0.5, 0.6) is 0 Å². The van der Waals surface area contributed by atoms with E-state index in [-0.39, 0.29) is 36.2 Å². The quantitative estimate of drug-likeness (QED) is 0.750. The van der Waals surface area contributed by atoms with Crippen LogP contribution in [-0.4, -0.2) is 17.9 Å². The number of nitrogens with two attached hydrogens (primary N) is 1. The molecule has 0 saturated carbocycles. The minimum absolute atomic E-state index is 0. The van der Waals surface area contributed by atoms with Crippen molar-refractivity contribution >= 4 is 35.6 Å². The van der Waals surface area contributed by atoms with Gasteiger partial charge in [0.2, 0.25) is 11.8 Å². The smallest absolute Gasteiger partial charge is 0.226 e. The number of rotatable bonds is 6. The van der Waals surface area contributed by atoms with Gasteiger partial charge in [-0.25, -0.2) is 0 Å². The van der Waals surface area contributed by atoms with Crippen molar-refractivity contribution in [3.05, 3.63) is 23.8 Å². The molecule has 6 heteroatoms. The van der Waals surface area contributed by atoms with E-state index in [0.29, 0.717) is 24.2 Å². The third kappa shape index (κ3) is 6.91. The normalized spacial score (nSPS) is 11.5. The minimum atomic E-state index is -0.0876. The van der Waals surface area contributed by atoms with Gasteiger partial charge in [0.25, 0.3) is 0 Å². The number of carbonyl (C=O) groups is 2. The van der Waals surface area contributed by atoms with Crippen molar-refractivity contribution in [2.75, 3.05) is 10.6 Å². The Kier molecular flexibility index (Phi) is 8.75. The molecule has 4 N–H and O–H groups in total. The Balaban J connectivity index is 0.00000441. The Morgan fingerprint density at radius 3 is 2.36 bits per heavy atom. The molecule has 2 amide bonds. The molecule has 5 nitrogen and oxygen atoms in total. The second kappa shape index (κ2) is 9.43. The number of nitrogens with one attached hydrogen (secondary N) is 2. The highest BCUT2D eigenvalue weighted by Crippen LogP contribution is 2.21. The molecule has 1 aromatic carbocycles. The molecule has 124 valence electrons. The predicted molar refractivity (Wildman–Crippen MR) is 93.4 cm³/mol. The van der Waals surface area contributed by atoms with Gasteiger partial charge in [-0.2, -0.15) is 0 Å². The Morgan fingerprint density at radius 1 is 1.18 bits per heavy atom. The minimum Gasteiger partial charge on any atom is -0.328 e. The van der Waals surface area contributed by atoms with Crippen molar-refractivity contribution in [1.82, 2.24) is 0 Å². The summed E-state index contributed by atoms with van der Waals surface area (Å²) in [5, 5.41) is 5.68. The maximum absolute atomic E-state index is 11.9. The molecule has 22 heavy (non-hydrogen) atoms. The van der Waals surface area contributed by atoms with Gasteiger partial charge in [-0.1, -0.05) is 19.9 Å². The van der Waals surface area contributed by atoms with E-state index in [1.165, 1.54) is 0 Å². The lowest BCUT2D eigenvalue weighted by Crippen LogP contribution is -2.20. The van der Waals surface area contributed by atoms with Crippen LogP contribution in [0.15, 0.2) is 18.2 Å². The van der Waals surface area contributed by atoms with E-state index < -0.39 is 0 Å². The number of amides is 2. The zero-order valence-corrected chi connectivity index (χ0v) is 14.4. The molecule has 0 fully saturated rings. The number of benzene rings is 1. The van der Waals surface area contributed by atoms with Gasteiger partial charge in [0.15, 0.2) is 0 Å². The molecule has 0 saturated heterocycles. The van der Waals surface area contributed by atoms with Gasteiger partial charge in [-0.15, -0.1) is 12.4 Å². The largest absolute Gasteiger partial charge is 0.328 e. The third-order valence-electron chi connectivity index (χ3n) is 3.13. The summed E-state index contributed by atoms with van der Waals surface area (Å²) in [5.74, 6) is -0.203. The SMILES string of the molecule is Cc1ccc(NC(=O)C(C)C)cc1NC(=O)CCC(C)N.Cl. The van der Waals surface area contributed by atoms with E-state index in [4.69, 9.17) is 5.73 Å². The summed E-state index contributed by atoms with van der Waals surface area (Å²) in [4.78, 5) is 23.6. The molecular weight excluding hydrogens is 302 g/mol. The van der Waals surface area contributed by atoms with Crippen LogP contribution in [0.1, 0.15) is 39.2 Å². The first-order valence-electron chi connectivity index (χ1n) is 7.26. The van der Waals surface area contributed by atoms with E-state index in [1.807, 2.05) is 39.8 Å². The van der Waals surface area contributed by atoms with Crippen LogP contribution in [0.3, 0.4) is 0 Å².